The lowest BCUT2D eigenvalue weighted by molar-refractivity contribution is -0.134. The molecule has 8 heteroatoms. The van der Waals surface area contributed by atoms with Gasteiger partial charge in [0.1, 0.15) is 0 Å². The summed E-state index contributed by atoms with van der Waals surface area (Å²) in [6.07, 6.45) is 0. The van der Waals surface area contributed by atoms with Gasteiger partial charge in [-0.25, -0.2) is 0 Å². The van der Waals surface area contributed by atoms with Crippen molar-refractivity contribution in [3.8, 4) is 0 Å². The topological polar surface area (TPSA) is 93.1 Å². The van der Waals surface area contributed by atoms with Crippen LogP contribution in [0.2, 0.25) is 0 Å². The number of thioether (sulfide) groups is 2. The normalized spacial score (nSPS) is 10.4. The minimum absolute atomic E-state index is 0.0979. The van der Waals surface area contributed by atoms with Crippen LogP contribution in [0.5, 0.6) is 0 Å². The summed E-state index contributed by atoms with van der Waals surface area (Å²) in [6.45, 7) is 1.96. The molecule has 0 aromatic carbocycles. The van der Waals surface area contributed by atoms with E-state index < -0.39 is 11.9 Å². The molecule has 2 N–H and O–H groups in total. The molecule has 18 heavy (non-hydrogen) atoms. The molecule has 0 saturated carbocycles. The smallest absolute Gasteiger partial charge is 0.313 e. The van der Waals surface area contributed by atoms with Crippen LogP contribution in [-0.4, -0.2) is 71.6 Å². The van der Waals surface area contributed by atoms with Crippen molar-refractivity contribution in [2.75, 3.05) is 49.4 Å². The van der Waals surface area contributed by atoms with Crippen molar-refractivity contribution in [1.29, 1.82) is 0 Å². The summed E-state index contributed by atoms with van der Waals surface area (Å²) in [4.78, 5) is 20.4. The number of rotatable bonds is 13. The number of carboxylic acid groups (broad SMARTS) is 2. The molecular weight excluding hydrogens is 280 g/mol. The van der Waals surface area contributed by atoms with Crippen LogP contribution in [0, 0.1) is 0 Å². The first-order chi connectivity index (χ1) is 8.63. The Kier molecular flexibility index (Phi) is 12.7. The molecular formula is C10H18O6S2. The molecule has 0 saturated heterocycles. The summed E-state index contributed by atoms with van der Waals surface area (Å²) in [5, 5.41) is 16.7. The van der Waals surface area contributed by atoms with Gasteiger partial charge in [0.25, 0.3) is 0 Å². The van der Waals surface area contributed by atoms with Crippen molar-refractivity contribution in [3.63, 3.8) is 0 Å². The Bertz CT molecular complexity index is 212. The third kappa shape index (κ3) is 15.6. The molecule has 0 amide bonds. The first-order valence-corrected chi connectivity index (χ1v) is 7.68. The highest BCUT2D eigenvalue weighted by Crippen LogP contribution is 1.99. The zero-order chi connectivity index (χ0) is 13.6. The molecule has 0 bridgehead atoms. The number of hydrogen-bond donors (Lipinski definition) is 2. The second-order valence-corrected chi connectivity index (χ2v) is 5.33. The fourth-order valence-corrected chi connectivity index (χ4v) is 1.99. The maximum Gasteiger partial charge on any atom is 0.313 e. The van der Waals surface area contributed by atoms with Gasteiger partial charge in [0.2, 0.25) is 0 Å². The van der Waals surface area contributed by atoms with E-state index >= 15 is 0 Å². The van der Waals surface area contributed by atoms with Crippen LogP contribution in [0.3, 0.4) is 0 Å². The second-order valence-electron chi connectivity index (χ2n) is 3.12. The van der Waals surface area contributed by atoms with Gasteiger partial charge in [-0.15, -0.1) is 23.5 Å². The fourth-order valence-electron chi connectivity index (χ4n) is 0.877. The van der Waals surface area contributed by atoms with Crippen LogP contribution in [0.4, 0.5) is 0 Å². The fraction of sp³-hybridized carbons (Fsp3) is 0.800. The predicted octanol–water partition coefficient (Wildman–Crippen LogP) is 0.655. The molecule has 106 valence electrons. The number of ether oxygens (including phenoxy) is 2. The van der Waals surface area contributed by atoms with E-state index in [0.717, 1.165) is 0 Å². The molecule has 0 fully saturated rings. The molecule has 0 heterocycles. The van der Waals surface area contributed by atoms with Crippen molar-refractivity contribution in [2.45, 2.75) is 0 Å². The Balaban J connectivity index is 2.99. The zero-order valence-corrected chi connectivity index (χ0v) is 11.6. The van der Waals surface area contributed by atoms with Crippen LogP contribution in [0.1, 0.15) is 0 Å². The molecule has 0 aliphatic rings. The molecule has 0 spiro atoms. The van der Waals surface area contributed by atoms with Gasteiger partial charge in [0.15, 0.2) is 0 Å². The van der Waals surface area contributed by atoms with E-state index in [1.54, 1.807) is 0 Å². The average Bonchev–Trinajstić information content (AvgIpc) is 2.29. The maximum absolute atomic E-state index is 10.2. The van der Waals surface area contributed by atoms with Crippen molar-refractivity contribution < 1.29 is 29.3 Å². The highest BCUT2D eigenvalue weighted by molar-refractivity contribution is 8.00. The highest BCUT2D eigenvalue weighted by atomic mass is 32.2. The zero-order valence-electron chi connectivity index (χ0n) is 10.0. The van der Waals surface area contributed by atoms with E-state index in [1.165, 1.54) is 23.5 Å². The lowest BCUT2D eigenvalue weighted by Gasteiger charge is -2.05. The largest absolute Gasteiger partial charge is 0.481 e. The first kappa shape index (κ1) is 17.6. The van der Waals surface area contributed by atoms with E-state index in [0.29, 0.717) is 37.9 Å². The second kappa shape index (κ2) is 13.0. The van der Waals surface area contributed by atoms with Crippen LogP contribution in [0.15, 0.2) is 0 Å². The van der Waals surface area contributed by atoms with Gasteiger partial charge in [-0.1, -0.05) is 0 Å². The number of carbonyl (C=O) groups is 2. The molecule has 0 unspecified atom stereocenters. The van der Waals surface area contributed by atoms with Gasteiger partial charge in [0.05, 0.1) is 37.9 Å². The predicted molar refractivity (Wildman–Crippen MR) is 71.6 cm³/mol. The van der Waals surface area contributed by atoms with Gasteiger partial charge in [-0.3, -0.25) is 9.59 Å². The van der Waals surface area contributed by atoms with E-state index in [9.17, 15) is 9.59 Å². The highest BCUT2D eigenvalue weighted by Gasteiger charge is 1.98. The number of carboxylic acids is 2. The summed E-state index contributed by atoms with van der Waals surface area (Å²) in [7, 11) is 0. The number of hydrogen-bond acceptors (Lipinski definition) is 6. The quantitative estimate of drug-likeness (QED) is 0.479. The van der Waals surface area contributed by atoms with E-state index in [2.05, 4.69) is 0 Å². The van der Waals surface area contributed by atoms with Gasteiger partial charge in [-0.05, 0) is 0 Å². The molecule has 0 aromatic rings. The summed E-state index contributed by atoms with van der Waals surface area (Å²) in [5.41, 5.74) is 0. The van der Waals surface area contributed by atoms with Crippen LogP contribution in [-0.2, 0) is 19.1 Å². The Morgan fingerprint density at radius 2 is 1.17 bits per heavy atom. The summed E-state index contributed by atoms with van der Waals surface area (Å²) in [5.74, 6) is -0.132. The minimum Gasteiger partial charge on any atom is -0.481 e. The van der Waals surface area contributed by atoms with Crippen LogP contribution < -0.4 is 0 Å². The van der Waals surface area contributed by atoms with E-state index in [1.807, 2.05) is 0 Å². The van der Waals surface area contributed by atoms with Crippen molar-refractivity contribution in [1.82, 2.24) is 0 Å². The molecule has 0 aliphatic heterocycles. The lowest BCUT2D eigenvalue weighted by atomic mass is 10.7. The Labute approximate surface area is 114 Å². The van der Waals surface area contributed by atoms with Gasteiger partial charge in [-0.2, -0.15) is 0 Å². The maximum atomic E-state index is 10.2. The summed E-state index contributed by atoms with van der Waals surface area (Å²) in [6, 6.07) is 0. The Morgan fingerprint density at radius 3 is 1.50 bits per heavy atom. The summed E-state index contributed by atoms with van der Waals surface area (Å²) >= 11 is 2.63. The summed E-state index contributed by atoms with van der Waals surface area (Å²) < 4.78 is 10.4. The molecule has 0 rings (SSSR count). The third-order valence-corrected chi connectivity index (χ3v) is 3.38. The Hall–Kier alpha value is -0.440. The SMILES string of the molecule is O=C(O)CSCCOCCOCCSCC(=O)O. The first-order valence-electron chi connectivity index (χ1n) is 5.37. The van der Waals surface area contributed by atoms with Gasteiger partial charge >= 0.3 is 11.9 Å². The average molecular weight is 298 g/mol. The van der Waals surface area contributed by atoms with Crippen LogP contribution >= 0.6 is 23.5 Å². The van der Waals surface area contributed by atoms with Crippen molar-refractivity contribution in [2.24, 2.45) is 0 Å². The Morgan fingerprint density at radius 1 is 0.778 bits per heavy atom. The third-order valence-electron chi connectivity index (χ3n) is 1.57. The van der Waals surface area contributed by atoms with E-state index in [-0.39, 0.29) is 11.5 Å². The molecule has 0 aliphatic carbocycles. The van der Waals surface area contributed by atoms with E-state index in [4.69, 9.17) is 19.7 Å². The molecule has 0 atom stereocenters. The number of aliphatic carboxylic acids is 2. The van der Waals surface area contributed by atoms with Gasteiger partial charge in [0, 0.05) is 11.5 Å². The van der Waals surface area contributed by atoms with Gasteiger partial charge < -0.3 is 19.7 Å². The standard InChI is InChI=1S/C10H18O6S2/c11-9(12)7-17-5-3-15-1-2-16-4-6-18-8-10(13)14/h1-8H2,(H,11,12)(H,13,14). The monoisotopic (exact) mass is 298 g/mol. The molecule has 6 nitrogen and oxygen atoms in total. The van der Waals surface area contributed by atoms with Crippen molar-refractivity contribution in [3.05, 3.63) is 0 Å². The molecule has 0 aromatic heterocycles. The minimum atomic E-state index is -0.817. The molecule has 0 radical (unpaired) electrons. The van der Waals surface area contributed by atoms with Crippen LogP contribution in [0.25, 0.3) is 0 Å². The van der Waals surface area contributed by atoms with Crippen molar-refractivity contribution >= 4 is 35.5 Å². The lowest BCUT2D eigenvalue weighted by Crippen LogP contribution is -2.09.